The summed E-state index contributed by atoms with van der Waals surface area (Å²) in [6, 6.07) is 6.49. The molecule has 0 bridgehead atoms. The van der Waals surface area contributed by atoms with Gasteiger partial charge in [-0.2, -0.15) is 4.31 Å². The molecule has 1 aromatic carbocycles. The quantitative estimate of drug-likeness (QED) is 0.731. The fourth-order valence-electron chi connectivity index (χ4n) is 1.75. The van der Waals surface area contributed by atoms with Crippen LogP contribution in [-0.2, 0) is 21.4 Å². The number of amides is 1. The maximum Gasteiger partial charge on any atom is 0.243 e. The minimum atomic E-state index is -3.46. The van der Waals surface area contributed by atoms with Crippen LogP contribution in [0.2, 0.25) is 0 Å². The summed E-state index contributed by atoms with van der Waals surface area (Å²) in [5.74, 6) is -0.0365. The molecule has 23 heavy (non-hydrogen) atoms. The second-order valence-electron chi connectivity index (χ2n) is 5.39. The van der Waals surface area contributed by atoms with E-state index < -0.39 is 10.0 Å². The van der Waals surface area contributed by atoms with Crippen LogP contribution in [0.25, 0.3) is 0 Å². The van der Waals surface area contributed by atoms with Crippen LogP contribution in [-0.4, -0.2) is 45.3 Å². The summed E-state index contributed by atoms with van der Waals surface area (Å²) in [6.07, 6.45) is 0.419. The lowest BCUT2D eigenvalue weighted by molar-refractivity contribution is -0.121. The first-order valence-electron chi connectivity index (χ1n) is 7.27. The van der Waals surface area contributed by atoms with Crippen LogP contribution in [0.3, 0.4) is 0 Å². The van der Waals surface area contributed by atoms with Crippen LogP contribution >= 0.6 is 12.4 Å². The van der Waals surface area contributed by atoms with Gasteiger partial charge in [-0.05, 0) is 38.6 Å². The Morgan fingerprint density at radius 2 is 1.78 bits per heavy atom. The predicted molar refractivity (Wildman–Crippen MR) is 94.2 cm³/mol. The molecule has 0 radical (unpaired) electrons. The molecule has 0 aromatic heterocycles. The zero-order chi connectivity index (χ0) is 16.8. The Bertz CT molecular complexity index is 588. The number of carbonyl (C=O) groups is 1. The van der Waals surface area contributed by atoms with Gasteiger partial charge in [0, 0.05) is 32.6 Å². The molecule has 1 amide bonds. The van der Waals surface area contributed by atoms with Crippen molar-refractivity contribution in [1.82, 2.24) is 14.9 Å². The first-order chi connectivity index (χ1) is 10.3. The van der Waals surface area contributed by atoms with Gasteiger partial charge in [0.25, 0.3) is 0 Å². The van der Waals surface area contributed by atoms with Crippen molar-refractivity contribution in [3.8, 4) is 0 Å². The normalized spacial score (nSPS) is 11.4. The summed E-state index contributed by atoms with van der Waals surface area (Å²) in [6.45, 7) is 4.67. The van der Waals surface area contributed by atoms with Crippen molar-refractivity contribution >= 4 is 28.3 Å². The van der Waals surface area contributed by atoms with E-state index in [0.29, 0.717) is 19.5 Å². The van der Waals surface area contributed by atoms with Crippen molar-refractivity contribution in [3.05, 3.63) is 29.8 Å². The molecule has 0 aliphatic carbocycles. The Morgan fingerprint density at radius 1 is 1.22 bits per heavy atom. The third-order valence-corrected chi connectivity index (χ3v) is 5.47. The van der Waals surface area contributed by atoms with E-state index in [1.54, 1.807) is 38.4 Å². The molecular weight excluding hydrogens is 338 g/mol. The molecule has 2 N–H and O–H groups in total. The van der Waals surface area contributed by atoms with Crippen LogP contribution < -0.4 is 10.6 Å². The lowest BCUT2D eigenvalue weighted by Gasteiger charge is -2.21. The Balaban J connectivity index is 0.00000484. The summed E-state index contributed by atoms with van der Waals surface area (Å²) in [5, 5.41) is 5.70. The SMILES string of the molecule is CNCCC(=O)NCc1ccc(S(=O)(=O)N(C)C(C)C)cc1.Cl. The van der Waals surface area contributed by atoms with Crippen LogP contribution in [0.5, 0.6) is 0 Å². The molecule has 0 atom stereocenters. The van der Waals surface area contributed by atoms with E-state index in [9.17, 15) is 13.2 Å². The highest BCUT2D eigenvalue weighted by atomic mass is 35.5. The van der Waals surface area contributed by atoms with Gasteiger partial charge < -0.3 is 10.6 Å². The van der Waals surface area contributed by atoms with Gasteiger partial charge in [0.15, 0.2) is 0 Å². The molecule has 0 heterocycles. The van der Waals surface area contributed by atoms with Gasteiger partial charge in [-0.15, -0.1) is 12.4 Å². The van der Waals surface area contributed by atoms with Crippen LogP contribution in [0, 0.1) is 0 Å². The summed E-state index contributed by atoms with van der Waals surface area (Å²) < 4.78 is 26.0. The summed E-state index contributed by atoms with van der Waals surface area (Å²) in [5.41, 5.74) is 0.865. The number of carbonyl (C=O) groups excluding carboxylic acids is 1. The van der Waals surface area contributed by atoms with Crippen molar-refractivity contribution in [1.29, 1.82) is 0 Å². The monoisotopic (exact) mass is 363 g/mol. The van der Waals surface area contributed by atoms with Gasteiger partial charge in [0.1, 0.15) is 0 Å². The molecule has 6 nitrogen and oxygen atoms in total. The van der Waals surface area contributed by atoms with E-state index in [1.165, 1.54) is 4.31 Å². The number of hydrogen-bond donors (Lipinski definition) is 2. The van der Waals surface area contributed by atoms with Gasteiger partial charge in [-0.3, -0.25) is 4.79 Å². The third-order valence-electron chi connectivity index (χ3n) is 3.42. The lowest BCUT2D eigenvalue weighted by atomic mass is 10.2. The average Bonchev–Trinajstić information content (AvgIpc) is 2.50. The van der Waals surface area contributed by atoms with Crippen molar-refractivity contribution in [3.63, 3.8) is 0 Å². The summed E-state index contributed by atoms with van der Waals surface area (Å²) >= 11 is 0. The topological polar surface area (TPSA) is 78.5 Å². The van der Waals surface area contributed by atoms with Crippen LogP contribution in [0.4, 0.5) is 0 Å². The van der Waals surface area contributed by atoms with E-state index in [1.807, 2.05) is 13.8 Å². The van der Waals surface area contributed by atoms with Gasteiger partial charge in [0.2, 0.25) is 15.9 Å². The maximum absolute atomic E-state index is 12.3. The van der Waals surface area contributed by atoms with Crippen molar-refractivity contribution < 1.29 is 13.2 Å². The lowest BCUT2D eigenvalue weighted by Crippen LogP contribution is -2.33. The van der Waals surface area contributed by atoms with Crippen molar-refractivity contribution in [2.75, 3.05) is 20.6 Å². The number of sulfonamides is 1. The van der Waals surface area contributed by atoms with E-state index in [4.69, 9.17) is 0 Å². The van der Waals surface area contributed by atoms with E-state index in [2.05, 4.69) is 10.6 Å². The number of nitrogens with one attached hydrogen (secondary N) is 2. The summed E-state index contributed by atoms with van der Waals surface area (Å²) in [4.78, 5) is 11.8. The maximum atomic E-state index is 12.3. The second-order valence-corrected chi connectivity index (χ2v) is 7.39. The molecule has 0 saturated heterocycles. The highest BCUT2D eigenvalue weighted by Gasteiger charge is 2.22. The standard InChI is InChI=1S/C15H25N3O3S.ClH/c1-12(2)18(4)22(20,21)14-7-5-13(6-8-14)11-17-15(19)9-10-16-3;/h5-8,12,16H,9-11H2,1-4H3,(H,17,19);1H. The van der Waals surface area contributed by atoms with E-state index in [0.717, 1.165) is 5.56 Å². The molecule has 0 saturated carbocycles. The predicted octanol–water partition coefficient (Wildman–Crippen LogP) is 1.36. The molecule has 0 aliphatic heterocycles. The average molecular weight is 364 g/mol. The Kier molecular flexibility index (Phi) is 9.38. The molecule has 8 heteroatoms. The first-order valence-corrected chi connectivity index (χ1v) is 8.71. The highest BCUT2D eigenvalue weighted by molar-refractivity contribution is 7.89. The van der Waals surface area contributed by atoms with Crippen molar-refractivity contribution in [2.24, 2.45) is 0 Å². The zero-order valence-electron chi connectivity index (χ0n) is 14.0. The fourth-order valence-corrected chi connectivity index (χ4v) is 3.12. The third kappa shape index (κ3) is 6.47. The second kappa shape index (κ2) is 9.87. The van der Waals surface area contributed by atoms with E-state index in [-0.39, 0.29) is 29.3 Å². The van der Waals surface area contributed by atoms with E-state index >= 15 is 0 Å². The Hall–Kier alpha value is -1.15. The number of halogens is 1. The largest absolute Gasteiger partial charge is 0.352 e. The van der Waals surface area contributed by atoms with Crippen molar-refractivity contribution in [2.45, 2.75) is 37.8 Å². The summed E-state index contributed by atoms with van der Waals surface area (Å²) in [7, 11) is -0.103. The zero-order valence-corrected chi connectivity index (χ0v) is 15.6. The Morgan fingerprint density at radius 3 is 2.26 bits per heavy atom. The number of rotatable bonds is 8. The molecule has 0 spiro atoms. The molecular formula is C15H26ClN3O3S. The molecule has 0 unspecified atom stereocenters. The van der Waals surface area contributed by atoms with Gasteiger partial charge in [-0.25, -0.2) is 8.42 Å². The molecule has 132 valence electrons. The van der Waals surface area contributed by atoms with Gasteiger partial charge >= 0.3 is 0 Å². The fraction of sp³-hybridized carbons (Fsp3) is 0.533. The Labute approximate surface area is 145 Å². The highest BCUT2D eigenvalue weighted by Crippen LogP contribution is 2.17. The number of benzene rings is 1. The number of hydrogen-bond acceptors (Lipinski definition) is 4. The van der Waals surface area contributed by atoms with Gasteiger partial charge in [-0.1, -0.05) is 12.1 Å². The van der Waals surface area contributed by atoms with Crippen LogP contribution in [0.1, 0.15) is 25.8 Å². The van der Waals surface area contributed by atoms with Crippen LogP contribution in [0.15, 0.2) is 29.2 Å². The minimum absolute atomic E-state index is 0. The first kappa shape index (κ1) is 21.9. The minimum Gasteiger partial charge on any atom is -0.352 e. The van der Waals surface area contributed by atoms with Gasteiger partial charge in [0.05, 0.1) is 4.90 Å². The smallest absolute Gasteiger partial charge is 0.243 e. The molecule has 1 aromatic rings. The molecule has 1 rings (SSSR count). The molecule has 0 fully saturated rings. The number of nitrogens with zero attached hydrogens (tertiary/aromatic N) is 1. The molecule has 0 aliphatic rings.